The number of amides is 1. The van der Waals surface area contributed by atoms with Gasteiger partial charge in [0.15, 0.2) is 5.60 Å². The van der Waals surface area contributed by atoms with Crippen molar-refractivity contribution < 1.29 is 24.5 Å². The van der Waals surface area contributed by atoms with Crippen LogP contribution in [0.1, 0.15) is 32.6 Å². The summed E-state index contributed by atoms with van der Waals surface area (Å²) in [6.45, 7) is 0.725. The first kappa shape index (κ1) is 13.9. The summed E-state index contributed by atoms with van der Waals surface area (Å²) in [5, 5.41) is 20.3. The molecule has 1 fully saturated rings. The van der Waals surface area contributed by atoms with Crippen molar-refractivity contribution in [2.45, 2.75) is 44.3 Å². The molecule has 0 radical (unpaired) electrons. The van der Waals surface area contributed by atoms with Crippen LogP contribution >= 0.6 is 0 Å². The zero-order valence-electron chi connectivity index (χ0n) is 9.94. The molecule has 1 rings (SSSR count). The molecule has 6 heteroatoms. The second-order valence-corrected chi connectivity index (χ2v) is 4.57. The Balaban J connectivity index is 2.18. The minimum absolute atomic E-state index is 0.0830. The molecule has 6 nitrogen and oxygen atoms in total. The van der Waals surface area contributed by atoms with E-state index < -0.39 is 17.5 Å². The standard InChI is InChI=1S/C11H19NO5/c1-11(16,10(14)15)7-12-9(13)6-17-8-4-2-3-5-8/h8,16H,2-7H2,1H3,(H,12,13)(H,14,15). The summed E-state index contributed by atoms with van der Waals surface area (Å²) in [5.41, 5.74) is -1.94. The molecule has 0 bridgehead atoms. The summed E-state index contributed by atoms with van der Waals surface area (Å²) in [6, 6.07) is 0. The molecule has 0 heterocycles. The quantitative estimate of drug-likeness (QED) is 0.607. The highest BCUT2D eigenvalue weighted by molar-refractivity contribution is 5.80. The number of nitrogens with one attached hydrogen (secondary N) is 1. The molecule has 1 unspecified atom stereocenters. The highest BCUT2D eigenvalue weighted by Gasteiger charge is 2.30. The molecule has 1 saturated carbocycles. The first-order chi connectivity index (χ1) is 7.92. The zero-order chi connectivity index (χ0) is 12.9. The molecule has 3 N–H and O–H groups in total. The van der Waals surface area contributed by atoms with Crippen molar-refractivity contribution in [3.63, 3.8) is 0 Å². The number of aliphatic carboxylic acids is 1. The number of ether oxygens (including phenoxy) is 1. The summed E-state index contributed by atoms with van der Waals surface area (Å²) in [6.07, 6.45) is 4.33. The largest absolute Gasteiger partial charge is 0.479 e. The van der Waals surface area contributed by atoms with Crippen LogP contribution in [0.25, 0.3) is 0 Å². The Hall–Kier alpha value is -1.14. The van der Waals surface area contributed by atoms with Crippen LogP contribution in [0.5, 0.6) is 0 Å². The van der Waals surface area contributed by atoms with Crippen molar-refractivity contribution in [2.24, 2.45) is 0 Å². The maximum Gasteiger partial charge on any atom is 0.337 e. The molecular weight excluding hydrogens is 226 g/mol. The predicted molar refractivity (Wildman–Crippen MR) is 59.5 cm³/mol. The van der Waals surface area contributed by atoms with Crippen LogP contribution in [-0.2, 0) is 14.3 Å². The van der Waals surface area contributed by atoms with E-state index in [1.165, 1.54) is 0 Å². The number of hydrogen-bond donors (Lipinski definition) is 3. The summed E-state index contributed by atoms with van der Waals surface area (Å²) < 4.78 is 5.35. The molecule has 1 atom stereocenters. The number of aliphatic hydroxyl groups is 1. The molecule has 0 spiro atoms. The van der Waals surface area contributed by atoms with E-state index in [1.54, 1.807) is 0 Å². The fourth-order valence-corrected chi connectivity index (χ4v) is 1.65. The van der Waals surface area contributed by atoms with E-state index in [0.717, 1.165) is 32.6 Å². The van der Waals surface area contributed by atoms with Crippen molar-refractivity contribution in [1.29, 1.82) is 0 Å². The molecular formula is C11H19NO5. The van der Waals surface area contributed by atoms with Gasteiger partial charge in [0.25, 0.3) is 0 Å². The van der Waals surface area contributed by atoms with Crippen molar-refractivity contribution in [3.8, 4) is 0 Å². The van der Waals surface area contributed by atoms with Crippen LogP contribution in [0.4, 0.5) is 0 Å². The molecule has 1 amide bonds. The highest BCUT2D eigenvalue weighted by atomic mass is 16.5. The van der Waals surface area contributed by atoms with Gasteiger partial charge in [0.05, 0.1) is 12.6 Å². The van der Waals surface area contributed by atoms with E-state index in [9.17, 15) is 14.7 Å². The Morgan fingerprint density at radius 3 is 2.53 bits per heavy atom. The van der Waals surface area contributed by atoms with Crippen LogP contribution in [-0.4, -0.2) is 46.9 Å². The maximum absolute atomic E-state index is 11.3. The predicted octanol–water partition coefficient (Wildman–Crippen LogP) is -0.103. The number of carbonyl (C=O) groups is 2. The summed E-state index contributed by atoms with van der Waals surface area (Å²) >= 11 is 0. The average Bonchev–Trinajstić information content (AvgIpc) is 2.76. The number of carbonyl (C=O) groups excluding carboxylic acids is 1. The first-order valence-corrected chi connectivity index (χ1v) is 5.76. The molecule has 0 aromatic heterocycles. The van der Waals surface area contributed by atoms with E-state index in [-0.39, 0.29) is 19.3 Å². The van der Waals surface area contributed by atoms with Crippen LogP contribution in [0.15, 0.2) is 0 Å². The third kappa shape index (κ3) is 4.70. The van der Waals surface area contributed by atoms with Gasteiger partial charge < -0.3 is 20.3 Å². The zero-order valence-corrected chi connectivity index (χ0v) is 9.94. The fraction of sp³-hybridized carbons (Fsp3) is 0.818. The Morgan fingerprint density at radius 1 is 1.41 bits per heavy atom. The lowest BCUT2D eigenvalue weighted by Crippen LogP contribution is -2.47. The van der Waals surface area contributed by atoms with Gasteiger partial charge in [-0.25, -0.2) is 4.79 Å². The lowest BCUT2D eigenvalue weighted by Gasteiger charge is -2.18. The van der Waals surface area contributed by atoms with Crippen LogP contribution in [0.2, 0.25) is 0 Å². The first-order valence-electron chi connectivity index (χ1n) is 5.76. The van der Waals surface area contributed by atoms with Gasteiger partial charge in [-0.1, -0.05) is 12.8 Å². The van der Waals surface area contributed by atoms with Gasteiger partial charge in [-0.05, 0) is 19.8 Å². The Labute approximate surface area is 100.0 Å². The molecule has 17 heavy (non-hydrogen) atoms. The molecule has 98 valence electrons. The van der Waals surface area contributed by atoms with E-state index in [0.29, 0.717) is 0 Å². The maximum atomic E-state index is 11.3. The summed E-state index contributed by atoms with van der Waals surface area (Å²) in [4.78, 5) is 21.9. The van der Waals surface area contributed by atoms with Gasteiger partial charge in [0.2, 0.25) is 5.91 Å². The SMILES string of the molecule is CC(O)(CNC(=O)COC1CCCC1)C(=O)O. The fourth-order valence-electron chi connectivity index (χ4n) is 1.65. The molecule has 0 aliphatic heterocycles. The van der Waals surface area contributed by atoms with Gasteiger partial charge in [0, 0.05) is 0 Å². The molecule has 0 aromatic carbocycles. The highest BCUT2D eigenvalue weighted by Crippen LogP contribution is 2.20. The number of carboxylic acid groups (broad SMARTS) is 1. The lowest BCUT2D eigenvalue weighted by molar-refractivity contribution is -0.156. The number of rotatable bonds is 6. The number of carboxylic acids is 1. The normalized spacial score (nSPS) is 19.9. The van der Waals surface area contributed by atoms with Crippen molar-refractivity contribution >= 4 is 11.9 Å². The van der Waals surface area contributed by atoms with E-state index >= 15 is 0 Å². The minimum Gasteiger partial charge on any atom is -0.479 e. The van der Waals surface area contributed by atoms with Gasteiger partial charge >= 0.3 is 5.97 Å². The van der Waals surface area contributed by atoms with E-state index in [1.807, 2.05) is 0 Å². The molecule has 0 aromatic rings. The van der Waals surface area contributed by atoms with Crippen LogP contribution in [0.3, 0.4) is 0 Å². The van der Waals surface area contributed by atoms with Crippen molar-refractivity contribution in [3.05, 3.63) is 0 Å². The monoisotopic (exact) mass is 245 g/mol. The number of hydrogen-bond acceptors (Lipinski definition) is 4. The topological polar surface area (TPSA) is 95.9 Å². The van der Waals surface area contributed by atoms with Crippen LogP contribution in [0, 0.1) is 0 Å². The molecule has 1 aliphatic rings. The third-order valence-electron chi connectivity index (χ3n) is 2.84. The van der Waals surface area contributed by atoms with Gasteiger partial charge in [0.1, 0.15) is 6.61 Å². The summed E-state index contributed by atoms with van der Waals surface area (Å²) in [7, 11) is 0. The third-order valence-corrected chi connectivity index (χ3v) is 2.84. The Morgan fingerprint density at radius 2 is 2.00 bits per heavy atom. The minimum atomic E-state index is -1.94. The van der Waals surface area contributed by atoms with Crippen LogP contribution < -0.4 is 5.32 Å². The van der Waals surface area contributed by atoms with Crippen molar-refractivity contribution in [1.82, 2.24) is 5.32 Å². The lowest BCUT2D eigenvalue weighted by atomic mass is 10.1. The molecule has 1 aliphatic carbocycles. The molecule has 0 saturated heterocycles. The average molecular weight is 245 g/mol. The van der Waals surface area contributed by atoms with E-state index in [2.05, 4.69) is 5.32 Å². The Kier molecular flexibility index (Phi) is 4.89. The van der Waals surface area contributed by atoms with E-state index in [4.69, 9.17) is 9.84 Å². The van der Waals surface area contributed by atoms with Gasteiger partial charge in [-0.15, -0.1) is 0 Å². The second-order valence-electron chi connectivity index (χ2n) is 4.57. The van der Waals surface area contributed by atoms with Gasteiger partial charge in [-0.3, -0.25) is 4.79 Å². The smallest absolute Gasteiger partial charge is 0.337 e. The second kappa shape index (κ2) is 5.97. The van der Waals surface area contributed by atoms with Crippen molar-refractivity contribution in [2.75, 3.05) is 13.2 Å². The Bertz CT molecular complexity index is 284. The summed E-state index contributed by atoms with van der Waals surface area (Å²) in [5.74, 6) is -1.77. The van der Waals surface area contributed by atoms with Gasteiger partial charge in [-0.2, -0.15) is 0 Å².